The molecule has 3 nitrogen and oxygen atoms in total. The molecule has 1 aromatic rings. The highest BCUT2D eigenvalue weighted by atomic mass is 79.9. The van der Waals surface area contributed by atoms with Crippen LogP contribution in [0.4, 0.5) is 0 Å². The monoisotopic (exact) mass is 244 g/mol. The normalized spacial score (nSPS) is 16.3. The van der Waals surface area contributed by atoms with E-state index in [4.69, 9.17) is 4.74 Å². The zero-order chi connectivity index (χ0) is 9.64. The number of rotatable bonds is 0. The van der Waals surface area contributed by atoms with Crippen LogP contribution in [0.15, 0.2) is 4.60 Å². The standard InChI is InChI=1S/C9H13BrN2O/c1-9(2,3)12-8(10)6-4-13-5-7(6)11-12/h4-5H2,1-3H3. The van der Waals surface area contributed by atoms with Crippen molar-refractivity contribution >= 4 is 15.9 Å². The summed E-state index contributed by atoms with van der Waals surface area (Å²) in [5, 5.41) is 4.51. The highest BCUT2D eigenvalue weighted by molar-refractivity contribution is 9.10. The highest BCUT2D eigenvalue weighted by Crippen LogP contribution is 2.30. The number of aromatic nitrogens is 2. The molecule has 0 aromatic carbocycles. The lowest BCUT2D eigenvalue weighted by atomic mass is 10.1. The molecule has 0 radical (unpaired) electrons. The fourth-order valence-corrected chi connectivity index (χ4v) is 2.38. The molecule has 4 heteroatoms. The minimum absolute atomic E-state index is 0.0309. The van der Waals surface area contributed by atoms with E-state index < -0.39 is 0 Å². The van der Waals surface area contributed by atoms with Crippen molar-refractivity contribution in [2.75, 3.05) is 0 Å². The lowest BCUT2D eigenvalue weighted by Gasteiger charge is -2.20. The largest absolute Gasteiger partial charge is 0.370 e. The van der Waals surface area contributed by atoms with Gasteiger partial charge in [-0.3, -0.25) is 4.68 Å². The fourth-order valence-electron chi connectivity index (χ4n) is 1.42. The summed E-state index contributed by atoms with van der Waals surface area (Å²) in [7, 11) is 0. The number of halogens is 1. The summed E-state index contributed by atoms with van der Waals surface area (Å²) in [5.41, 5.74) is 2.31. The molecule has 0 N–H and O–H groups in total. The molecule has 0 bridgehead atoms. The molecule has 1 aromatic heterocycles. The van der Waals surface area contributed by atoms with Gasteiger partial charge in [-0.15, -0.1) is 0 Å². The first-order chi connectivity index (χ1) is 6.00. The van der Waals surface area contributed by atoms with E-state index >= 15 is 0 Å². The van der Waals surface area contributed by atoms with Gasteiger partial charge in [0.2, 0.25) is 0 Å². The molecule has 13 heavy (non-hydrogen) atoms. The zero-order valence-electron chi connectivity index (χ0n) is 8.09. The first-order valence-electron chi connectivity index (χ1n) is 4.34. The van der Waals surface area contributed by atoms with Gasteiger partial charge in [-0.05, 0) is 36.7 Å². The maximum atomic E-state index is 5.30. The molecule has 0 amide bonds. The van der Waals surface area contributed by atoms with Gasteiger partial charge < -0.3 is 4.74 Å². The average molecular weight is 245 g/mol. The van der Waals surface area contributed by atoms with E-state index in [1.807, 2.05) is 4.68 Å². The van der Waals surface area contributed by atoms with Gasteiger partial charge in [0.05, 0.1) is 24.4 Å². The van der Waals surface area contributed by atoms with Gasteiger partial charge in [0.1, 0.15) is 4.60 Å². The van der Waals surface area contributed by atoms with E-state index in [0.29, 0.717) is 13.2 Å². The predicted molar refractivity (Wildman–Crippen MR) is 53.4 cm³/mol. The van der Waals surface area contributed by atoms with Crippen molar-refractivity contribution < 1.29 is 4.74 Å². The maximum Gasteiger partial charge on any atom is 0.110 e. The van der Waals surface area contributed by atoms with Gasteiger partial charge in [-0.25, -0.2) is 0 Å². The van der Waals surface area contributed by atoms with Gasteiger partial charge in [-0.1, -0.05) is 0 Å². The number of ether oxygens (including phenoxy) is 1. The van der Waals surface area contributed by atoms with Crippen molar-refractivity contribution in [2.45, 2.75) is 39.5 Å². The molecule has 0 fully saturated rings. The van der Waals surface area contributed by atoms with Gasteiger partial charge in [0.25, 0.3) is 0 Å². The van der Waals surface area contributed by atoms with Gasteiger partial charge in [0.15, 0.2) is 0 Å². The maximum absolute atomic E-state index is 5.30. The molecule has 2 rings (SSSR count). The minimum atomic E-state index is 0.0309. The van der Waals surface area contributed by atoms with Crippen LogP contribution in [0.2, 0.25) is 0 Å². The Morgan fingerprint density at radius 1 is 1.38 bits per heavy atom. The number of hydrogen-bond acceptors (Lipinski definition) is 2. The Kier molecular flexibility index (Phi) is 2.00. The minimum Gasteiger partial charge on any atom is -0.370 e. The van der Waals surface area contributed by atoms with Crippen LogP contribution in [0.5, 0.6) is 0 Å². The van der Waals surface area contributed by atoms with E-state index in [1.54, 1.807) is 0 Å². The van der Waals surface area contributed by atoms with Gasteiger partial charge in [-0.2, -0.15) is 5.10 Å². The summed E-state index contributed by atoms with van der Waals surface area (Å²) in [6, 6.07) is 0. The molecule has 1 aliphatic heterocycles. The van der Waals surface area contributed by atoms with E-state index in [9.17, 15) is 0 Å². The lowest BCUT2D eigenvalue weighted by molar-refractivity contribution is 0.128. The molecule has 0 atom stereocenters. The SMILES string of the molecule is CC(C)(C)n1nc2c(c1Br)COC2. The molecule has 0 saturated heterocycles. The van der Waals surface area contributed by atoms with Gasteiger partial charge >= 0.3 is 0 Å². The Morgan fingerprint density at radius 2 is 2.08 bits per heavy atom. The van der Waals surface area contributed by atoms with Crippen LogP contribution in [0.3, 0.4) is 0 Å². The van der Waals surface area contributed by atoms with Crippen molar-refractivity contribution in [2.24, 2.45) is 0 Å². The Bertz CT molecular complexity index is 338. The van der Waals surface area contributed by atoms with E-state index in [2.05, 4.69) is 41.8 Å². The summed E-state index contributed by atoms with van der Waals surface area (Å²) < 4.78 is 8.37. The molecule has 1 aliphatic rings. The van der Waals surface area contributed by atoms with E-state index in [-0.39, 0.29) is 5.54 Å². The average Bonchev–Trinajstić information content (AvgIpc) is 2.51. The third kappa shape index (κ3) is 1.42. The first kappa shape index (κ1) is 9.21. The fraction of sp³-hybridized carbons (Fsp3) is 0.667. The lowest BCUT2D eigenvalue weighted by Crippen LogP contribution is -2.23. The van der Waals surface area contributed by atoms with Crippen LogP contribution in [0.1, 0.15) is 32.0 Å². The van der Waals surface area contributed by atoms with Crippen molar-refractivity contribution in [3.05, 3.63) is 15.9 Å². The molecule has 0 spiro atoms. The van der Waals surface area contributed by atoms with Crippen LogP contribution < -0.4 is 0 Å². The Balaban J connectivity index is 2.51. The second-order valence-electron chi connectivity index (χ2n) is 4.29. The summed E-state index contributed by atoms with van der Waals surface area (Å²) in [5.74, 6) is 0. The summed E-state index contributed by atoms with van der Waals surface area (Å²) in [6.45, 7) is 7.76. The van der Waals surface area contributed by atoms with Crippen LogP contribution in [-0.4, -0.2) is 9.78 Å². The van der Waals surface area contributed by atoms with Crippen LogP contribution in [0, 0.1) is 0 Å². The van der Waals surface area contributed by atoms with Gasteiger partial charge in [0, 0.05) is 5.56 Å². The molecule has 0 aliphatic carbocycles. The molecule has 72 valence electrons. The van der Waals surface area contributed by atoms with Crippen molar-refractivity contribution in [3.8, 4) is 0 Å². The predicted octanol–water partition coefficient (Wildman–Crippen LogP) is 2.43. The molecular weight excluding hydrogens is 232 g/mol. The molecular formula is C9H13BrN2O. The summed E-state index contributed by atoms with van der Waals surface area (Å²) in [6.07, 6.45) is 0. The van der Waals surface area contributed by atoms with Crippen molar-refractivity contribution in [1.29, 1.82) is 0 Å². The topological polar surface area (TPSA) is 27.1 Å². The number of fused-ring (bicyclic) bond motifs is 1. The third-order valence-electron chi connectivity index (χ3n) is 2.12. The smallest absolute Gasteiger partial charge is 0.110 e. The summed E-state index contributed by atoms with van der Waals surface area (Å²) in [4.78, 5) is 0. The first-order valence-corrected chi connectivity index (χ1v) is 5.14. The highest BCUT2D eigenvalue weighted by Gasteiger charge is 2.26. The van der Waals surface area contributed by atoms with Crippen molar-refractivity contribution in [3.63, 3.8) is 0 Å². The molecule has 0 saturated carbocycles. The molecule has 2 heterocycles. The second-order valence-corrected chi connectivity index (χ2v) is 5.04. The zero-order valence-corrected chi connectivity index (χ0v) is 9.68. The van der Waals surface area contributed by atoms with E-state index in [1.165, 1.54) is 5.56 Å². The summed E-state index contributed by atoms with van der Waals surface area (Å²) >= 11 is 3.56. The third-order valence-corrected chi connectivity index (χ3v) is 2.94. The van der Waals surface area contributed by atoms with E-state index in [0.717, 1.165) is 10.3 Å². The number of hydrogen-bond donors (Lipinski definition) is 0. The Morgan fingerprint density at radius 3 is 2.62 bits per heavy atom. The molecule has 0 unspecified atom stereocenters. The quantitative estimate of drug-likeness (QED) is 0.701. The van der Waals surface area contributed by atoms with Crippen LogP contribution >= 0.6 is 15.9 Å². The van der Waals surface area contributed by atoms with Crippen LogP contribution in [0.25, 0.3) is 0 Å². The Hall–Kier alpha value is -0.350. The van der Waals surface area contributed by atoms with Crippen LogP contribution in [-0.2, 0) is 23.5 Å². The number of nitrogens with zero attached hydrogens (tertiary/aromatic N) is 2. The Labute approximate surface area is 86.2 Å². The second kappa shape index (κ2) is 2.82. The van der Waals surface area contributed by atoms with Crippen molar-refractivity contribution in [1.82, 2.24) is 9.78 Å².